The number of aromatic carboxylic acids is 1. The zero-order valence-electron chi connectivity index (χ0n) is 13.5. The third-order valence-corrected chi connectivity index (χ3v) is 3.22. The minimum Gasteiger partial charge on any atom is -0.543 e. The maximum Gasteiger partial charge on any atom is 1.00 e. The Kier molecular flexibility index (Phi) is 8.06. The summed E-state index contributed by atoms with van der Waals surface area (Å²) in [6, 6.07) is 10.2. The van der Waals surface area contributed by atoms with Crippen molar-refractivity contribution in [2.24, 2.45) is 5.92 Å². The molecular formula is C17H17ClNNaO3. The molecule has 0 fully saturated rings. The molecule has 6 heteroatoms. The van der Waals surface area contributed by atoms with E-state index in [1.807, 2.05) is 12.1 Å². The Hall–Kier alpha value is -1.07. The summed E-state index contributed by atoms with van der Waals surface area (Å²) in [6.07, 6.45) is 0.440. The number of aromatic nitrogens is 1. The number of carboxylic acid groups (broad SMARTS) is 1. The quantitative estimate of drug-likeness (QED) is 0.679. The van der Waals surface area contributed by atoms with E-state index in [1.165, 1.54) is 6.07 Å². The Bertz CT molecular complexity index is 677. The van der Waals surface area contributed by atoms with Gasteiger partial charge in [0.1, 0.15) is 5.75 Å². The summed E-state index contributed by atoms with van der Waals surface area (Å²) in [7, 11) is 0. The minimum atomic E-state index is -1.29. The molecule has 1 aromatic carbocycles. The number of halogens is 1. The van der Waals surface area contributed by atoms with Crippen molar-refractivity contribution in [3.8, 4) is 5.75 Å². The molecule has 0 bridgehead atoms. The second-order valence-electron chi connectivity index (χ2n) is 5.44. The van der Waals surface area contributed by atoms with Crippen LogP contribution in [0.4, 0.5) is 0 Å². The van der Waals surface area contributed by atoms with Gasteiger partial charge in [-0.15, -0.1) is 0 Å². The van der Waals surface area contributed by atoms with Gasteiger partial charge in [0.15, 0.2) is 0 Å². The molecule has 0 unspecified atom stereocenters. The first-order valence-electron chi connectivity index (χ1n) is 7.04. The molecular weight excluding hydrogens is 325 g/mol. The summed E-state index contributed by atoms with van der Waals surface area (Å²) < 4.78 is 5.79. The van der Waals surface area contributed by atoms with Gasteiger partial charge in [0.2, 0.25) is 0 Å². The standard InChI is InChI=1S/C17H18ClNO3.Na/c1-11(2)10-22-16-7-6-13(18)8-12(16)9-14-4-3-5-15(19-14)17(20)21;/h3-8,11H,9-10H2,1-2H3,(H,20,21);/q;+1/p-1. The van der Waals surface area contributed by atoms with Crippen molar-refractivity contribution in [1.29, 1.82) is 0 Å². The Morgan fingerprint density at radius 3 is 2.70 bits per heavy atom. The van der Waals surface area contributed by atoms with Crippen molar-refractivity contribution >= 4 is 17.6 Å². The van der Waals surface area contributed by atoms with Gasteiger partial charge in [-0.1, -0.05) is 31.5 Å². The van der Waals surface area contributed by atoms with Crippen LogP contribution in [0, 0.1) is 5.92 Å². The fourth-order valence-electron chi connectivity index (χ4n) is 1.97. The number of carbonyl (C=O) groups is 1. The van der Waals surface area contributed by atoms with Crippen LogP contribution in [-0.4, -0.2) is 17.6 Å². The molecule has 1 heterocycles. The fraction of sp³-hybridized carbons (Fsp3) is 0.294. The van der Waals surface area contributed by atoms with E-state index >= 15 is 0 Å². The molecule has 0 spiro atoms. The van der Waals surface area contributed by atoms with E-state index in [1.54, 1.807) is 18.2 Å². The van der Waals surface area contributed by atoms with Crippen LogP contribution in [0.3, 0.4) is 0 Å². The molecule has 23 heavy (non-hydrogen) atoms. The monoisotopic (exact) mass is 341 g/mol. The Morgan fingerprint density at radius 2 is 2.04 bits per heavy atom. The van der Waals surface area contributed by atoms with Crippen LogP contribution in [0.15, 0.2) is 36.4 Å². The third kappa shape index (κ3) is 6.15. The molecule has 0 saturated heterocycles. The van der Waals surface area contributed by atoms with Gasteiger partial charge in [0, 0.05) is 22.7 Å². The summed E-state index contributed by atoms with van der Waals surface area (Å²) >= 11 is 6.05. The maximum atomic E-state index is 10.9. The van der Waals surface area contributed by atoms with E-state index in [0.29, 0.717) is 29.7 Å². The number of carbonyl (C=O) groups excluding carboxylic acids is 1. The molecule has 0 atom stereocenters. The average molecular weight is 342 g/mol. The summed E-state index contributed by atoms with van der Waals surface area (Å²) in [5, 5.41) is 11.5. The van der Waals surface area contributed by atoms with Crippen molar-refractivity contribution in [2.45, 2.75) is 20.3 Å². The molecule has 0 N–H and O–H groups in total. The van der Waals surface area contributed by atoms with E-state index in [-0.39, 0.29) is 35.3 Å². The topological polar surface area (TPSA) is 62.2 Å². The van der Waals surface area contributed by atoms with Gasteiger partial charge < -0.3 is 14.6 Å². The second-order valence-corrected chi connectivity index (χ2v) is 5.87. The number of rotatable bonds is 6. The fourth-order valence-corrected chi connectivity index (χ4v) is 2.16. The molecule has 1 aromatic heterocycles. The molecule has 116 valence electrons. The summed E-state index contributed by atoms with van der Waals surface area (Å²) in [5.74, 6) is -0.147. The maximum absolute atomic E-state index is 10.9. The predicted molar refractivity (Wildman–Crippen MR) is 83.2 cm³/mol. The smallest absolute Gasteiger partial charge is 0.543 e. The first kappa shape index (κ1) is 20.0. The zero-order valence-corrected chi connectivity index (χ0v) is 16.3. The van der Waals surface area contributed by atoms with E-state index in [4.69, 9.17) is 16.3 Å². The SMILES string of the molecule is CC(C)COc1ccc(Cl)cc1Cc1cccc(C(=O)[O-])n1.[Na+]. The number of benzene rings is 1. The van der Waals surface area contributed by atoms with Crippen molar-refractivity contribution in [2.75, 3.05) is 6.61 Å². The van der Waals surface area contributed by atoms with Gasteiger partial charge in [-0.25, -0.2) is 0 Å². The molecule has 0 amide bonds. The zero-order chi connectivity index (χ0) is 16.1. The molecule has 0 radical (unpaired) electrons. The van der Waals surface area contributed by atoms with Crippen LogP contribution in [0.5, 0.6) is 5.75 Å². The number of carboxylic acids is 1. The third-order valence-electron chi connectivity index (χ3n) is 2.98. The number of ether oxygens (including phenoxy) is 1. The molecule has 0 aliphatic heterocycles. The largest absolute Gasteiger partial charge is 1.00 e. The van der Waals surface area contributed by atoms with Crippen LogP contribution in [0.25, 0.3) is 0 Å². The Balaban J connectivity index is 0.00000264. The first-order valence-corrected chi connectivity index (χ1v) is 7.42. The van der Waals surface area contributed by atoms with Crippen LogP contribution >= 0.6 is 11.6 Å². The van der Waals surface area contributed by atoms with E-state index in [2.05, 4.69) is 18.8 Å². The van der Waals surface area contributed by atoms with Crippen LogP contribution < -0.4 is 39.4 Å². The molecule has 0 aliphatic rings. The number of pyridine rings is 1. The first-order chi connectivity index (χ1) is 10.5. The van der Waals surface area contributed by atoms with Crippen LogP contribution in [0.1, 0.15) is 35.6 Å². The van der Waals surface area contributed by atoms with Gasteiger partial charge in [-0.2, -0.15) is 0 Å². The van der Waals surface area contributed by atoms with E-state index < -0.39 is 5.97 Å². The number of hydrogen-bond donors (Lipinski definition) is 0. The van der Waals surface area contributed by atoms with Crippen LogP contribution in [0.2, 0.25) is 5.02 Å². The predicted octanol–water partition coefficient (Wildman–Crippen LogP) is -0.272. The van der Waals surface area contributed by atoms with Gasteiger partial charge >= 0.3 is 29.6 Å². The molecule has 2 aromatic rings. The Morgan fingerprint density at radius 1 is 1.30 bits per heavy atom. The van der Waals surface area contributed by atoms with Crippen molar-refractivity contribution < 1.29 is 44.2 Å². The number of nitrogens with zero attached hydrogens (tertiary/aromatic N) is 1. The number of hydrogen-bond acceptors (Lipinski definition) is 4. The van der Waals surface area contributed by atoms with Crippen molar-refractivity contribution in [1.82, 2.24) is 4.98 Å². The van der Waals surface area contributed by atoms with E-state index in [9.17, 15) is 9.90 Å². The van der Waals surface area contributed by atoms with Crippen molar-refractivity contribution in [3.63, 3.8) is 0 Å². The van der Waals surface area contributed by atoms with Crippen molar-refractivity contribution in [3.05, 3.63) is 58.4 Å². The normalized spacial score (nSPS) is 10.3. The minimum absolute atomic E-state index is 0. The molecule has 0 aliphatic carbocycles. The molecule has 0 saturated carbocycles. The molecule has 2 rings (SSSR count). The Labute approximate surface area is 163 Å². The molecule has 4 nitrogen and oxygen atoms in total. The van der Waals surface area contributed by atoms with Crippen LogP contribution in [-0.2, 0) is 6.42 Å². The summed E-state index contributed by atoms with van der Waals surface area (Å²) in [6.45, 7) is 4.74. The van der Waals surface area contributed by atoms with Gasteiger partial charge in [-0.05, 0) is 36.2 Å². The summed E-state index contributed by atoms with van der Waals surface area (Å²) in [4.78, 5) is 15.0. The second kappa shape index (κ2) is 9.28. The summed E-state index contributed by atoms with van der Waals surface area (Å²) in [5.41, 5.74) is 1.42. The van der Waals surface area contributed by atoms with E-state index in [0.717, 1.165) is 11.3 Å². The average Bonchev–Trinajstić information content (AvgIpc) is 2.46. The van der Waals surface area contributed by atoms with Gasteiger partial charge in [-0.3, -0.25) is 4.98 Å². The van der Waals surface area contributed by atoms with Gasteiger partial charge in [0.05, 0.1) is 18.3 Å². The van der Waals surface area contributed by atoms with Gasteiger partial charge in [0.25, 0.3) is 0 Å².